The van der Waals surface area contributed by atoms with E-state index < -0.39 is 0 Å². The molecule has 0 saturated heterocycles. The van der Waals surface area contributed by atoms with E-state index in [1.165, 1.54) is 5.56 Å². The maximum atomic E-state index is 12.0. The summed E-state index contributed by atoms with van der Waals surface area (Å²) in [6.07, 6.45) is 0.969. The third kappa shape index (κ3) is 4.52. The zero-order chi connectivity index (χ0) is 15.8. The van der Waals surface area contributed by atoms with Crippen LogP contribution in [0.2, 0.25) is 0 Å². The van der Waals surface area contributed by atoms with Gasteiger partial charge >= 0.3 is 0 Å². The maximum absolute atomic E-state index is 12.0. The van der Waals surface area contributed by atoms with Crippen molar-refractivity contribution in [1.82, 2.24) is 5.32 Å². The van der Waals surface area contributed by atoms with E-state index in [-0.39, 0.29) is 5.91 Å². The molecule has 2 aromatic rings. The van der Waals surface area contributed by atoms with Gasteiger partial charge in [-0.1, -0.05) is 25.1 Å². The molecule has 2 rings (SSSR count). The van der Waals surface area contributed by atoms with Crippen molar-refractivity contribution in [3.05, 3.63) is 59.7 Å². The van der Waals surface area contributed by atoms with Crippen LogP contribution in [0.5, 0.6) is 11.5 Å². The van der Waals surface area contributed by atoms with E-state index in [0.29, 0.717) is 18.7 Å². The van der Waals surface area contributed by atoms with Gasteiger partial charge in [-0.3, -0.25) is 4.79 Å². The molecule has 1 amide bonds. The van der Waals surface area contributed by atoms with Gasteiger partial charge in [-0.15, -0.1) is 0 Å². The van der Waals surface area contributed by atoms with Gasteiger partial charge in [0.05, 0.1) is 13.7 Å². The number of carbonyl (C=O) groups is 1. The van der Waals surface area contributed by atoms with Crippen molar-refractivity contribution in [2.75, 3.05) is 20.3 Å². The molecule has 22 heavy (non-hydrogen) atoms. The number of nitrogens with one attached hydrogen (secondary N) is 1. The number of amides is 1. The van der Waals surface area contributed by atoms with Gasteiger partial charge in [0.1, 0.15) is 18.1 Å². The van der Waals surface area contributed by atoms with Crippen LogP contribution in [0.25, 0.3) is 0 Å². The number of benzene rings is 2. The standard InChI is InChI=1S/C18H21NO3/c1-3-14-7-9-15(10-8-14)18(20)19-11-12-22-17-6-4-5-16(13-17)21-2/h4-10,13H,3,11-12H2,1-2H3,(H,19,20). The SMILES string of the molecule is CCc1ccc(C(=O)NCCOc2cccc(OC)c2)cc1. The molecule has 0 saturated carbocycles. The lowest BCUT2D eigenvalue weighted by molar-refractivity contribution is 0.0947. The van der Waals surface area contributed by atoms with E-state index >= 15 is 0 Å². The molecule has 0 aliphatic rings. The van der Waals surface area contributed by atoms with Crippen LogP contribution < -0.4 is 14.8 Å². The predicted molar refractivity (Wildman–Crippen MR) is 86.6 cm³/mol. The normalized spacial score (nSPS) is 10.1. The molecule has 116 valence electrons. The van der Waals surface area contributed by atoms with Gasteiger partial charge in [0.15, 0.2) is 0 Å². The molecule has 0 atom stereocenters. The molecule has 0 aliphatic carbocycles. The minimum atomic E-state index is -0.0862. The van der Waals surface area contributed by atoms with Gasteiger partial charge in [-0.25, -0.2) is 0 Å². The van der Waals surface area contributed by atoms with Gasteiger partial charge in [-0.2, -0.15) is 0 Å². The summed E-state index contributed by atoms with van der Waals surface area (Å²) in [5.74, 6) is 1.38. The van der Waals surface area contributed by atoms with Gasteiger partial charge < -0.3 is 14.8 Å². The first-order valence-electron chi connectivity index (χ1n) is 7.37. The van der Waals surface area contributed by atoms with Crippen LogP contribution in [-0.2, 0) is 6.42 Å². The molecule has 0 spiro atoms. The Morgan fingerprint density at radius 3 is 2.50 bits per heavy atom. The quantitative estimate of drug-likeness (QED) is 0.799. The summed E-state index contributed by atoms with van der Waals surface area (Å²) in [6.45, 7) is 2.95. The maximum Gasteiger partial charge on any atom is 0.251 e. The fraction of sp³-hybridized carbons (Fsp3) is 0.278. The van der Waals surface area contributed by atoms with Crippen molar-refractivity contribution in [1.29, 1.82) is 0 Å². The zero-order valence-corrected chi connectivity index (χ0v) is 13.0. The third-order valence-corrected chi connectivity index (χ3v) is 3.32. The molecule has 2 aromatic carbocycles. The highest BCUT2D eigenvalue weighted by Crippen LogP contribution is 2.18. The minimum Gasteiger partial charge on any atom is -0.497 e. The van der Waals surface area contributed by atoms with Gasteiger partial charge in [0.2, 0.25) is 0 Å². The second kappa shape index (κ2) is 8.08. The molecular formula is C18H21NO3. The molecule has 4 nitrogen and oxygen atoms in total. The molecule has 0 heterocycles. The minimum absolute atomic E-state index is 0.0862. The van der Waals surface area contributed by atoms with Crippen LogP contribution in [0.15, 0.2) is 48.5 Å². The second-order valence-electron chi connectivity index (χ2n) is 4.83. The molecule has 0 radical (unpaired) electrons. The van der Waals surface area contributed by atoms with Crippen LogP contribution in [0.1, 0.15) is 22.8 Å². The molecule has 1 N–H and O–H groups in total. The number of hydrogen-bond acceptors (Lipinski definition) is 3. The number of carbonyl (C=O) groups excluding carboxylic acids is 1. The Labute approximate surface area is 131 Å². The lowest BCUT2D eigenvalue weighted by Gasteiger charge is -2.09. The summed E-state index contributed by atoms with van der Waals surface area (Å²) in [6, 6.07) is 15.0. The van der Waals surface area contributed by atoms with Crippen molar-refractivity contribution in [2.24, 2.45) is 0 Å². The van der Waals surface area contributed by atoms with Crippen molar-refractivity contribution >= 4 is 5.91 Å². The highest BCUT2D eigenvalue weighted by molar-refractivity contribution is 5.94. The van der Waals surface area contributed by atoms with Crippen LogP contribution in [0, 0.1) is 0 Å². The highest BCUT2D eigenvalue weighted by atomic mass is 16.5. The largest absolute Gasteiger partial charge is 0.497 e. The number of aryl methyl sites for hydroxylation is 1. The van der Waals surface area contributed by atoms with Crippen LogP contribution >= 0.6 is 0 Å². The molecule has 0 aliphatic heterocycles. The summed E-state index contributed by atoms with van der Waals surface area (Å²) in [5, 5.41) is 2.84. The molecular weight excluding hydrogens is 278 g/mol. The van der Waals surface area contributed by atoms with Crippen LogP contribution in [0.3, 0.4) is 0 Å². The smallest absolute Gasteiger partial charge is 0.251 e. The third-order valence-electron chi connectivity index (χ3n) is 3.32. The van der Waals surface area contributed by atoms with E-state index in [9.17, 15) is 4.79 Å². The summed E-state index contributed by atoms with van der Waals surface area (Å²) < 4.78 is 10.7. The van der Waals surface area contributed by atoms with Crippen molar-refractivity contribution in [2.45, 2.75) is 13.3 Å². The average Bonchev–Trinajstić information content (AvgIpc) is 2.58. The topological polar surface area (TPSA) is 47.6 Å². The first-order valence-corrected chi connectivity index (χ1v) is 7.37. The molecule has 0 unspecified atom stereocenters. The Kier molecular flexibility index (Phi) is 5.83. The fourth-order valence-electron chi connectivity index (χ4n) is 2.02. The summed E-state index contributed by atoms with van der Waals surface area (Å²) in [4.78, 5) is 12.0. The lowest BCUT2D eigenvalue weighted by Crippen LogP contribution is -2.28. The van der Waals surface area contributed by atoms with E-state index in [4.69, 9.17) is 9.47 Å². The first kappa shape index (κ1) is 15.9. The second-order valence-corrected chi connectivity index (χ2v) is 4.83. The Morgan fingerprint density at radius 2 is 1.82 bits per heavy atom. The van der Waals surface area contributed by atoms with E-state index in [1.54, 1.807) is 7.11 Å². The van der Waals surface area contributed by atoms with Crippen molar-refractivity contribution < 1.29 is 14.3 Å². The zero-order valence-electron chi connectivity index (χ0n) is 13.0. The fourth-order valence-corrected chi connectivity index (χ4v) is 2.02. The summed E-state index contributed by atoms with van der Waals surface area (Å²) in [5.41, 5.74) is 1.89. The van der Waals surface area contributed by atoms with E-state index in [2.05, 4.69) is 12.2 Å². The molecule has 4 heteroatoms. The Morgan fingerprint density at radius 1 is 1.09 bits per heavy atom. The van der Waals surface area contributed by atoms with Gasteiger partial charge in [0, 0.05) is 11.6 Å². The number of rotatable bonds is 7. The van der Waals surface area contributed by atoms with Crippen LogP contribution in [-0.4, -0.2) is 26.2 Å². The Bertz CT molecular complexity index is 608. The van der Waals surface area contributed by atoms with Crippen molar-refractivity contribution in [3.63, 3.8) is 0 Å². The number of ether oxygens (including phenoxy) is 2. The first-order chi connectivity index (χ1) is 10.7. The number of hydrogen-bond donors (Lipinski definition) is 1. The van der Waals surface area contributed by atoms with E-state index in [0.717, 1.165) is 17.9 Å². The predicted octanol–water partition coefficient (Wildman–Crippen LogP) is 3.07. The van der Waals surface area contributed by atoms with Gasteiger partial charge in [-0.05, 0) is 36.2 Å². The average molecular weight is 299 g/mol. The number of methoxy groups -OCH3 is 1. The van der Waals surface area contributed by atoms with E-state index in [1.807, 2.05) is 48.5 Å². The Hall–Kier alpha value is -2.49. The monoisotopic (exact) mass is 299 g/mol. The highest BCUT2D eigenvalue weighted by Gasteiger charge is 2.04. The summed E-state index contributed by atoms with van der Waals surface area (Å²) in [7, 11) is 1.61. The lowest BCUT2D eigenvalue weighted by atomic mass is 10.1. The molecule has 0 bridgehead atoms. The van der Waals surface area contributed by atoms with Crippen molar-refractivity contribution in [3.8, 4) is 11.5 Å². The van der Waals surface area contributed by atoms with Gasteiger partial charge in [0.25, 0.3) is 5.91 Å². The Balaban J connectivity index is 1.76. The molecule has 0 fully saturated rings. The molecule has 0 aromatic heterocycles. The summed E-state index contributed by atoms with van der Waals surface area (Å²) >= 11 is 0. The van der Waals surface area contributed by atoms with Crippen LogP contribution in [0.4, 0.5) is 0 Å².